The summed E-state index contributed by atoms with van der Waals surface area (Å²) in [6.07, 6.45) is 0.396. The summed E-state index contributed by atoms with van der Waals surface area (Å²) in [7, 11) is -1.42. The molecule has 0 unspecified atom stereocenters. The molecule has 1 aliphatic rings. The first-order valence-electron chi connectivity index (χ1n) is 6.95. The molecule has 0 atom stereocenters. The summed E-state index contributed by atoms with van der Waals surface area (Å²) in [5.41, 5.74) is 0. The Morgan fingerprint density at radius 1 is 1.22 bits per heavy atom. The summed E-state index contributed by atoms with van der Waals surface area (Å²) in [6.45, 7) is 0.0696. The molecular weight excluding hydrogens is 329 g/mol. The number of hydrogen-bond donors (Lipinski definition) is 1. The Bertz CT molecular complexity index is 697. The largest absolute Gasteiger partial charge is 0.493 e. The maximum Gasteiger partial charge on any atom is 0.306 e. The van der Waals surface area contributed by atoms with Gasteiger partial charge in [-0.3, -0.25) is 4.79 Å². The van der Waals surface area contributed by atoms with Gasteiger partial charge >= 0.3 is 5.97 Å². The maximum absolute atomic E-state index is 14.2. The van der Waals surface area contributed by atoms with Crippen LogP contribution in [0.1, 0.15) is 12.8 Å². The smallest absolute Gasteiger partial charge is 0.306 e. The first kappa shape index (κ1) is 17.5. The van der Waals surface area contributed by atoms with E-state index in [2.05, 4.69) is 0 Å². The van der Waals surface area contributed by atoms with Crippen molar-refractivity contribution in [3.63, 3.8) is 0 Å². The van der Waals surface area contributed by atoms with Crippen LogP contribution in [0.25, 0.3) is 0 Å². The molecule has 0 bridgehead atoms. The van der Waals surface area contributed by atoms with Crippen LogP contribution < -0.4 is 9.47 Å². The first-order chi connectivity index (χ1) is 10.8. The van der Waals surface area contributed by atoms with Gasteiger partial charge in [-0.1, -0.05) is 0 Å². The summed E-state index contributed by atoms with van der Waals surface area (Å²) in [5.74, 6) is -2.26. The zero-order valence-electron chi connectivity index (χ0n) is 12.8. The normalized spacial score (nSPS) is 17.0. The van der Waals surface area contributed by atoms with Crippen molar-refractivity contribution in [3.8, 4) is 11.5 Å². The van der Waals surface area contributed by atoms with E-state index in [1.165, 1.54) is 14.2 Å². The van der Waals surface area contributed by atoms with Crippen molar-refractivity contribution in [2.75, 3.05) is 27.3 Å². The van der Waals surface area contributed by atoms with Gasteiger partial charge in [-0.15, -0.1) is 0 Å². The number of nitrogens with zero attached hydrogens (tertiary/aromatic N) is 1. The van der Waals surface area contributed by atoms with Gasteiger partial charge in [0.15, 0.2) is 11.5 Å². The average Bonchev–Trinajstić information content (AvgIpc) is 2.54. The van der Waals surface area contributed by atoms with E-state index in [0.29, 0.717) is 0 Å². The molecule has 0 radical (unpaired) electrons. The summed E-state index contributed by atoms with van der Waals surface area (Å²) < 4.78 is 50.4. The van der Waals surface area contributed by atoms with Crippen LogP contribution in [0.15, 0.2) is 17.0 Å². The number of aliphatic carboxylic acids is 1. The van der Waals surface area contributed by atoms with E-state index >= 15 is 0 Å². The third-order valence-corrected chi connectivity index (χ3v) is 5.77. The predicted molar refractivity (Wildman–Crippen MR) is 78.6 cm³/mol. The highest BCUT2D eigenvalue weighted by Crippen LogP contribution is 2.34. The highest BCUT2D eigenvalue weighted by molar-refractivity contribution is 7.89. The lowest BCUT2D eigenvalue weighted by Gasteiger charge is -2.29. The molecule has 23 heavy (non-hydrogen) atoms. The monoisotopic (exact) mass is 347 g/mol. The minimum atomic E-state index is -4.07. The van der Waals surface area contributed by atoms with Gasteiger partial charge < -0.3 is 14.6 Å². The second-order valence-electron chi connectivity index (χ2n) is 5.15. The van der Waals surface area contributed by atoms with Crippen molar-refractivity contribution < 1.29 is 32.2 Å². The molecule has 2 rings (SSSR count). The fourth-order valence-electron chi connectivity index (χ4n) is 2.52. The number of benzene rings is 1. The Morgan fingerprint density at radius 2 is 1.74 bits per heavy atom. The molecule has 1 heterocycles. The van der Waals surface area contributed by atoms with Crippen molar-refractivity contribution in [2.24, 2.45) is 5.92 Å². The molecule has 1 aromatic rings. The molecule has 0 spiro atoms. The van der Waals surface area contributed by atoms with Crippen LogP contribution in [0.2, 0.25) is 0 Å². The molecule has 1 N–H and O–H groups in total. The van der Waals surface area contributed by atoms with Crippen LogP contribution in [0.4, 0.5) is 4.39 Å². The highest BCUT2D eigenvalue weighted by Gasteiger charge is 2.34. The van der Waals surface area contributed by atoms with E-state index in [4.69, 9.17) is 14.6 Å². The van der Waals surface area contributed by atoms with E-state index in [1.807, 2.05) is 0 Å². The number of carboxylic acid groups (broad SMARTS) is 1. The zero-order chi connectivity index (χ0) is 17.2. The number of rotatable bonds is 5. The number of carbonyl (C=O) groups is 1. The van der Waals surface area contributed by atoms with E-state index < -0.39 is 32.6 Å². The minimum Gasteiger partial charge on any atom is -0.493 e. The van der Waals surface area contributed by atoms with Gasteiger partial charge in [0.25, 0.3) is 0 Å². The van der Waals surface area contributed by atoms with Crippen LogP contribution >= 0.6 is 0 Å². The van der Waals surface area contributed by atoms with Crippen LogP contribution in [0, 0.1) is 11.7 Å². The van der Waals surface area contributed by atoms with Crippen LogP contribution in [0.5, 0.6) is 11.5 Å². The van der Waals surface area contributed by atoms with Gasteiger partial charge in [0, 0.05) is 25.2 Å². The topological polar surface area (TPSA) is 93.1 Å². The molecule has 1 aromatic carbocycles. The molecule has 9 heteroatoms. The van der Waals surface area contributed by atoms with E-state index in [1.54, 1.807) is 0 Å². The van der Waals surface area contributed by atoms with Gasteiger partial charge in [-0.2, -0.15) is 4.31 Å². The van der Waals surface area contributed by atoms with Crippen molar-refractivity contribution in [2.45, 2.75) is 17.7 Å². The van der Waals surface area contributed by atoms with Crippen molar-refractivity contribution >= 4 is 16.0 Å². The standard InChI is InChI=1S/C14H18FNO6S/c1-21-11-7-10(15)13(8-12(11)22-2)23(19,20)16-5-3-9(4-6-16)14(17)18/h7-9H,3-6H2,1-2H3,(H,17,18). The Hall–Kier alpha value is -1.87. The average molecular weight is 347 g/mol. The molecule has 0 aliphatic carbocycles. The number of piperidine rings is 1. The SMILES string of the molecule is COc1cc(F)c(S(=O)(=O)N2CCC(C(=O)O)CC2)cc1OC. The number of hydrogen-bond acceptors (Lipinski definition) is 5. The minimum absolute atomic E-state index is 0.0348. The molecule has 0 saturated carbocycles. The van der Waals surface area contributed by atoms with E-state index in [-0.39, 0.29) is 37.4 Å². The zero-order valence-corrected chi connectivity index (χ0v) is 13.6. The van der Waals surface area contributed by atoms with Crippen LogP contribution in [-0.4, -0.2) is 51.1 Å². The van der Waals surface area contributed by atoms with E-state index in [0.717, 1.165) is 16.4 Å². The van der Waals surface area contributed by atoms with Crippen LogP contribution in [-0.2, 0) is 14.8 Å². The summed E-state index contributed by atoms with van der Waals surface area (Å²) in [4.78, 5) is 10.4. The fourth-order valence-corrected chi connectivity index (χ4v) is 4.05. The quantitative estimate of drug-likeness (QED) is 0.864. The van der Waals surface area contributed by atoms with Gasteiger partial charge in [0.05, 0.1) is 20.1 Å². The number of carboxylic acids is 1. The first-order valence-corrected chi connectivity index (χ1v) is 8.39. The Balaban J connectivity index is 2.32. The highest BCUT2D eigenvalue weighted by atomic mass is 32.2. The summed E-state index contributed by atoms with van der Waals surface area (Å²) in [5, 5.41) is 8.96. The Labute approximate surface area is 133 Å². The molecule has 128 valence electrons. The lowest BCUT2D eigenvalue weighted by atomic mass is 9.99. The summed E-state index contributed by atoms with van der Waals surface area (Å²) >= 11 is 0. The number of halogens is 1. The molecule has 1 saturated heterocycles. The van der Waals surface area contributed by atoms with Crippen molar-refractivity contribution in [3.05, 3.63) is 17.9 Å². The fraction of sp³-hybridized carbons (Fsp3) is 0.500. The van der Waals surface area contributed by atoms with Crippen molar-refractivity contribution in [1.82, 2.24) is 4.31 Å². The maximum atomic E-state index is 14.2. The second kappa shape index (κ2) is 6.71. The Kier molecular flexibility index (Phi) is 5.10. The Morgan fingerprint density at radius 3 is 2.22 bits per heavy atom. The van der Waals surface area contributed by atoms with Crippen LogP contribution in [0.3, 0.4) is 0 Å². The molecule has 1 fully saturated rings. The van der Waals surface area contributed by atoms with Crippen molar-refractivity contribution in [1.29, 1.82) is 0 Å². The third-order valence-electron chi connectivity index (χ3n) is 3.86. The van der Waals surface area contributed by atoms with Gasteiger partial charge in [0.1, 0.15) is 10.7 Å². The second-order valence-corrected chi connectivity index (χ2v) is 7.06. The molecule has 0 amide bonds. The van der Waals surface area contributed by atoms with Gasteiger partial charge in [-0.25, -0.2) is 12.8 Å². The third kappa shape index (κ3) is 3.40. The number of sulfonamides is 1. The molecule has 1 aliphatic heterocycles. The lowest BCUT2D eigenvalue weighted by molar-refractivity contribution is -0.142. The molecule has 0 aromatic heterocycles. The van der Waals surface area contributed by atoms with Gasteiger partial charge in [0.2, 0.25) is 10.0 Å². The lowest BCUT2D eigenvalue weighted by Crippen LogP contribution is -2.40. The number of ether oxygens (including phenoxy) is 2. The number of methoxy groups -OCH3 is 2. The predicted octanol–water partition coefficient (Wildman–Crippen LogP) is 1.33. The molecular formula is C14H18FNO6S. The van der Waals surface area contributed by atoms with E-state index in [9.17, 15) is 17.6 Å². The molecule has 7 nitrogen and oxygen atoms in total. The van der Waals surface area contributed by atoms with Gasteiger partial charge in [-0.05, 0) is 12.8 Å². The summed E-state index contributed by atoms with van der Waals surface area (Å²) in [6, 6.07) is 2.03.